The summed E-state index contributed by atoms with van der Waals surface area (Å²) >= 11 is 4.66. The predicted molar refractivity (Wildman–Crippen MR) is 129 cm³/mol. The second kappa shape index (κ2) is 9.84. The first kappa shape index (κ1) is 21.9. The van der Waals surface area contributed by atoms with Gasteiger partial charge >= 0.3 is 5.97 Å². The van der Waals surface area contributed by atoms with E-state index in [9.17, 15) is 9.59 Å². The smallest absolute Gasteiger partial charge is 0.335 e. The molecule has 4 rings (SSSR count). The summed E-state index contributed by atoms with van der Waals surface area (Å²) in [6, 6.07) is 21.4. The molecule has 0 unspecified atom stereocenters. The summed E-state index contributed by atoms with van der Waals surface area (Å²) in [6.45, 7) is 0.274. The number of carboxylic acid groups (broad SMARTS) is 1. The maximum atomic E-state index is 12.4. The Morgan fingerprint density at radius 1 is 1.06 bits per heavy atom. The average Bonchev–Trinajstić information content (AvgIpc) is 3.13. The van der Waals surface area contributed by atoms with E-state index in [0.717, 1.165) is 21.3 Å². The van der Waals surface area contributed by atoms with Gasteiger partial charge in [-0.2, -0.15) is 0 Å². The van der Waals surface area contributed by atoms with Gasteiger partial charge in [-0.15, -0.1) is 0 Å². The second-order valence-corrected chi connectivity index (χ2v) is 8.73. The van der Waals surface area contributed by atoms with Crippen LogP contribution < -0.4 is 10.1 Å². The molecule has 1 amide bonds. The molecule has 3 aromatic rings. The molecular weight excluding hydrogens is 492 g/mol. The van der Waals surface area contributed by atoms with E-state index in [1.54, 1.807) is 30.3 Å². The highest BCUT2D eigenvalue weighted by molar-refractivity contribution is 9.10. The zero-order valence-electron chi connectivity index (χ0n) is 16.6. The molecule has 0 aromatic heterocycles. The first-order chi connectivity index (χ1) is 15.5. The molecule has 1 aliphatic heterocycles. The SMILES string of the molecule is O=C1NC(=Nc2ccc(Br)cc2)S/C1=C\c1ccccc1OCc1ccc(C(=O)O)cc1. The summed E-state index contributed by atoms with van der Waals surface area (Å²) < 4.78 is 6.89. The minimum absolute atomic E-state index is 0.218. The number of ether oxygens (including phenoxy) is 1. The molecule has 160 valence electrons. The molecule has 8 heteroatoms. The van der Waals surface area contributed by atoms with E-state index in [0.29, 0.717) is 15.8 Å². The van der Waals surface area contributed by atoms with E-state index in [-0.39, 0.29) is 18.1 Å². The monoisotopic (exact) mass is 508 g/mol. The maximum Gasteiger partial charge on any atom is 0.335 e. The highest BCUT2D eigenvalue weighted by Gasteiger charge is 2.24. The van der Waals surface area contributed by atoms with Crippen LogP contribution in [0, 0.1) is 0 Å². The van der Waals surface area contributed by atoms with Crippen molar-refractivity contribution in [2.24, 2.45) is 4.99 Å². The number of nitrogens with zero attached hydrogens (tertiary/aromatic N) is 1. The first-order valence-electron chi connectivity index (χ1n) is 9.57. The third-order valence-electron chi connectivity index (χ3n) is 4.51. The standard InChI is InChI=1S/C24H17BrN2O4S/c25-18-9-11-19(12-10-18)26-24-27-22(28)21(32-24)13-17-3-1-2-4-20(17)31-14-15-5-7-16(8-6-15)23(29)30/h1-13H,14H2,(H,29,30)(H,26,27,28)/b21-13-. The van der Waals surface area contributed by atoms with E-state index in [1.165, 1.54) is 11.8 Å². The Hall–Kier alpha value is -3.36. The number of amides is 1. The largest absolute Gasteiger partial charge is 0.488 e. The van der Waals surface area contributed by atoms with Crippen molar-refractivity contribution in [1.29, 1.82) is 0 Å². The van der Waals surface area contributed by atoms with Crippen LogP contribution >= 0.6 is 27.7 Å². The van der Waals surface area contributed by atoms with Gasteiger partial charge in [0.25, 0.3) is 5.91 Å². The van der Waals surface area contributed by atoms with Gasteiger partial charge in [-0.1, -0.05) is 46.3 Å². The van der Waals surface area contributed by atoms with Crippen molar-refractivity contribution in [1.82, 2.24) is 5.32 Å². The number of hydrogen-bond acceptors (Lipinski definition) is 5. The third kappa shape index (κ3) is 5.46. The number of aliphatic imine (C=N–C) groups is 1. The molecule has 1 heterocycles. The Morgan fingerprint density at radius 2 is 1.78 bits per heavy atom. The maximum absolute atomic E-state index is 12.4. The second-order valence-electron chi connectivity index (χ2n) is 6.79. The molecule has 0 bridgehead atoms. The number of rotatable bonds is 6. The van der Waals surface area contributed by atoms with Crippen LogP contribution in [-0.2, 0) is 11.4 Å². The van der Waals surface area contributed by atoms with Gasteiger partial charge in [0, 0.05) is 10.0 Å². The van der Waals surface area contributed by atoms with Crippen LogP contribution in [0.3, 0.4) is 0 Å². The van der Waals surface area contributed by atoms with Gasteiger partial charge in [0.2, 0.25) is 0 Å². The zero-order valence-corrected chi connectivity index (χ0v) is 19.0. The molecule has 6 nitrogen and oxygen atoms in total. The molecule has 1 aliphatic rings. The number of halogens is 1. The average molecular weight is 509 g/mol. The lowest BCUT2D eigenvalue weighted by Gasteiger charge is -2.10. The fourth-order valence-electron chi connectivity index (χ4n) is 2.89. The number of hydrogen-bond donors (Lipinski definition) is 2. The normalized spacial score (nSPS) is 15.7. The summed E-state index contributed by atoms with van der Waals surface area (Å²) in [5, 5.41) is 12.3. The Kier molecular flexibility index (Phi) is 6.72. The number of amidine groups is 1. The van der Waals surface area contributed by atoms with Gasteiger partial charge in [-0.3, -0.25) is 4.79 Å². The Labute approximate surface area is 197 Å². The fraction of sp³-hybridized carbons (Fsp3) is 0.0417. The van der Waals surface area contributed by atoms with Crippen LogP contribution in [0.15, 0.2) is 87.2 Å². The Balaban J connectivity index is 1.49. The minimum Gasteiger partial charge on any atom is -0.488 e. The van der Waals surface area contributed by atoms with Gasteiger partial charge in [-0.25, -0.2) is 9.79 Å². The number of aromatic carboxylic acids is 1. The molecule has 3 aromatic carbocycles. The van der Waals surface area contributed by atoms with Crippen molar-refractivity contribution < 1.29 is 19.4 Å². The number of benzene rings is 3. The summed E-state index contributed by atoms with van der Waals surface area (Å²) in [5.74, 6) is -0.566. The fourth-order valence-corrected chi connectivity index (χ4v) is 3.99. The number of thioether (sulfide) groups is 1. The van der Waals surface area contributed by atoms with Gasteiger partial charge < -0.3 is 15.2 Å². The lowest BCUT2D eigenvalue weighted by molar-refractivity contribution is -0.115. The Morgan fingerprint density at radius 3 is 2.50 bits per heavy atom. The molecule has 0 aliphatic carbocycles. The van der Waals surface area contributed by atoms with Crippen molar-refractivity contribution in [3.63, 3.8) is 0 Å². The minimum atomic E-state index is -0.968. The van der Waals surface area contributed by atoms with Crippen LogP contribution in [0.5, 0.6) is 5.75 Å². The van der Waals surface area contributed by atoms with Gasteiger partial charge in [0.1, 0.15) is 12.4 Å². The molecular formula is C24H17BrN2O4S. The predicted octanol–water partition coefficient (Wildman–Crippen LogP) is 5.62. The highest BCUT2D eigenvalue weighted by atomic mass is 79.9. The number of para-hydroxylation sites is 1. The topological polar surface area (TPSA) is 88.0 Å². The molecule has 0 spiro atoms. The summed E-state index contributed by atoms with van der Waals surface area (Å²) in [5.41, 5.74) is 2.57. The summed E-state index contributed by atoms with van der Waals surface area (Å²) in [4.78, 5) is 28.4. The molecule has 32 heavy (non-hydrogen) atoms. The van der Waals surface area contributed by atoms with Gasteiger partial charge in [0.05, 0.1) is 16.2 Å². The lowest BCUT2D eigenvalue weighted by Crippen LogP contribution is -2.19. The molecule has 2 N–H and O–H groups in total. The van der Waals surface area contributed by atoms with Crippen molar-refractivity contribution in [2.45, 2.75) is 6.61 Å². The molecule has 1 saturated heterocycles. The lowest BCUT2D eigenvalue weighted by atomic mass is 10.1. The van der Waals surface area contributed by atoms with Gasteiger partial charge in [0.15, 0.2) is 5.17 Å². The third-order valence-corrected chi connectivity index (χ3v) is 5.95. The molecule has 0 atom stereocenters. The van der Waals surface area contributed by atoms with Crippen LogP contribution in [0.2, 0.25) is 0 Å². The van der Waals surface area contributed by atoms with E-state index in [2.05, 4.69) is 26.2 Å². The van der Waals surface area contributed by atoms with Crippen molar-refractivity contribution in [2.75, 3.05) is 0 Å². The number of carboxylic acids is 1. The van der Waals surface area contributed by atoms with E-state index in [4.69, 9.17) is 9.84 Å². The molecule has 0 radical (unpaired) electrons. The van der Waals surface area contributed by atoms with Gasteiger partial charge in [-0.05, 0) is 65.9 Å². The van der Waals surface area contributed by atoms with Crippen molar-refractivity contribution >= 4 is 56.5 Å². The Bertz CT molecular complexity index is 1220. The van der Waals surface area contributed by atoms with Crippen molar-refractivity contribution in [3.05, 3.63) is 98.9 Å². The van der Waals surface area contributed by atoms with Crippen molar-refractivity contribution in [3.8, 4) is 5.75 Å². The summed E-state index contributed by atoms with van der Waals surface area (Å²) in [7, 11) is 0. The van der Waals surface area contributed by atoms with Crippen LogP contribution in [0.4, 0.5) is 5.69 Å². The zero-order chi connectivity index (χ0) is 22.5. The van der Waals surface area contributed by atoms with Crippen LogP contribution in [0.25, 0.3) is 6.08 Å². The van der Waals surface area contributed by atoms with E-state index >= 15 is 0 Å². The van der Waals surface area contributed by atoms with Crippen LogP contribution in [-0.4, -0.2) is 22.2 Å². The molecule has 1 fully saturated rings. The molecule has 0 saturated carbocycles. The van der Waals surface area contributed by atoms with Crippen LogP contribution in [0.1, 0.15) is 21.5 Å². The number of nitrogens with one attached hydrogen (secondary N) is 1. The number of carbonyl (C=O) groups is 2. The van der Waals surface area contributed by atoms with E-state index < -0.39 is 5.97 Å². The summed E-state index contributed by atoms with van der Waals surface area (Å²) in [6.07, 6.45) is 1.77. The highest BCUT2D eigenvalue weighted by Crippen LogP contribution is 2.31. The number of carbonyl (C=O) groups excluding carboxylic acids is 1. The first-order valence-corrected chi connectivity index (χ1v) is 11.2. The van der Waals surface area contributed by atoms with E-state index in [1.807, 2.05) is 48.5 Å². The quantitative estimate of drug-likeness (QED) is 0.422.